The van der Waals surface area contributed by atoms with E-state index in [1.165, 1.54) is 0 Å². The van der Waals surface area contributed by atoms with E-state index in [0.717, 1.165) is 22.0 Å². The van der Waals surface area contributed by atoms with Crippen LogP contribution in [0.3, 0.4) is 0 Å². The van der Waals surface area contributed by atoms with Crippen molar-refractivity contribution in [2.24, 2.45) is 0 Å². The van der Waals surface area contributed by atoms with E-state index < -0.39 is 17.7 Å². The molecule has 0 bridgehead atoms. The van der Waals surface area contributed by atoms with Crippen LogP contribution in [0.1, 0.15) is 31.9 Å². The monoisotopic (exact) mass is 394 g/mol. The summed E-state index contributed by atoms with van der Waals surface area (Å²) in [6, 6.07) is 10.7. The summed E-state index contributed by atoms with van der Waals surface area (Å²) in [4.78, 5) is 32.4. The van der Waals surface area contributed by atoms with Gasteiger partial charge in [-0.1, -0.05) is 18.2 Å². The zero-order chi connectivity index (χ0) is 20.9. The number of alkyl carbamates (subject to hydrolysis) is 1. The average molecular weight is 394 g/mol. The molecule has 0 saturated heterocycles. The molecular formula is C22H26N4O3. The van der Waals surface area contributed by atoms with Crippen LogP contribution in [0.4, 0.5) is 4.79 Å². The van der Waals surface area contributed by atoms with Crippen LogP contribution in [0.2, 0.25) is 0 Å². The predicted octanol–water partition coefficient (Wildman–Crippen LogP) is 3.32. The maximum Gasteiger partial charge on any atom is 0.408 e. The molecule has 7 nitrogen and oxygen atoms in total. The number of carbonyl (C=O) groups is 2. The third-order valence-corrected chi connectivity index (χ3v) is 4.32. The second-order valence-corrected chi connectivity index (χ2v) is 7.84. The SMILES string of the molecule is CC(C)(C)OC(=O)N[C@@H](Cc1c[nH]c2ccccc12)C(=O)NCc1ccncc1. The number of hydrogen-bond donors (Lipinski definition) is 3. The van der Waals surface area contributed by atoms with Gasteiger partial charge in [0, 0.05) is 42.5 Å². The van der Waals surface area contributed by atoms with Crippen LogP contribution in [0.25, 0.3) is 10.9 Å². The molecule has 3 N–H and O–H groups in total. The number of H-pyrrole nitrogens is 1. The minimum absolute atomic E-state index is 0.280. The van der Waals surface area contributed by atoms with Gasteiger partial charge in [-0.3, -0.25) is 9.78 Å². The number of hydrogen-bond acceptors (Lipinski definition) is 4. The number of aromatic nitrogens is 2. The second kappa shape index (κ2) is 8.77. The molecule has 0 radical (unpaired) electrons. The van der Waals surface area contributed by atoms with Gasteiger partial charge >= 0.3 is 6.09 Å². The Morgan fingerprint density at radius 2 is 1.86 bits per heavy atom. The van der Waals surface area contributed by atoms with Crippen molar-refractivity contribution in [1.29, 1.82) is 0 Å². The van der Waals surface area contributed by atoms with E-state index in [4.69, 9.17) is 4.74 Å². The number of fused-ring (bicyclic) bond motifs is 1. The first-order valence-electron chi connectivity index (χ1n) is 9.53. The van der Waals surface area contributed by atoms with Crippen LogP contribution in [-0.2, 0) is 22.5 Å². The zero-order valence-electron chi connectivity index (χ0n) is 16.9. The fraction of sp³-hybridized carbons (Fsp3) is 0.318. The topological polar surface area (TPSA) is 96.1 Å². The normalized spacial score (nSPS) is 12.4. The molecule has 0 aliphatic carbocycles. The molecule has 0 fully saturated rings. The Hall–Kier alpha value is -3.35. The number of nitrogens with one attached hydrogen (secondary N) is 3. The minimum atomic E-state index is -0.772. The highest BCUT2D eigenvalue weighted by atomic mass is 16.6. The third kappa shape index (κ3) is 5.81. The quantitative estimate of drug-likeness (QED) is 0.598. The summed E-state index contributed by atoms with van der Waals surface area (Å²) in [5.74, 6) is -0.280. The first-order valence-corrected chi connectivity index (χ1v) is 9.53. The highest BCUT2D eigenvalue weighted by Crippen LogP contribution is 2.19. The lowest BCUT2D eigenvalue weighted by Gasteiger charge is -2.23. The Morgan fingerprint density at radius 3 is 2.59 bits per heavy atom. The number of nitrogens with zero attached hydrogens (tertiary/aromatic N) is 1. The molecule has 1 aromatic carbocycles. The Labute approximate surface area is 169 Å². The number of amides is 2. The van der Waals surface area contributed by atoms with Crippen molar-refractivity contribution in [3.05, 3.63) is 66.1 Å². The molecule has 0 spiro atoms. The maximum absolute atomic E-state index is 12.9. The first-order chi connectivity index (χ1) is 13.8. The first kappa shape index (κ1) is 20.4. The lowest BCUT2D eigenvalue weighted by molar-refractivity contribution is -0.123. The van der Waals surface area contributed by atoms with Gasteiger partial charge in [0.05, 0.1) is 0 Å². The standard InChI is InChI=1S/C22H26N4O3/c1-22(2,3)29-21(28)26-19(20(27)25-13-15-8-10-23-11-9-15)12-16-14-24-18-7-5-4-6-17(16)18/h4-11,14,19,24H,12-13H2,1-3H3,(H,25,27)(H,26,28)/t19-/m0/s1. The lowest BCUT2D eigenvalue weighted by Crippen LogP contribution is -2.49. The molecule has 0 aliphatic rings. The Morgan fingerprint density at radius 1 is 1.14 bits per heavy atom. The van der Waals surface area contributed by atoms with Gasteiger partial charge in [-0.2, -0.15) is 0 Å². The van der Waals surface area contributed by atoms with Crippen molar-refractivity contribution in [2.45, 2.75) is 45.4 Å². The summed E-state index contributed by atoms with van der Waals surface area (Å²) in [6.07, 6.45) is 4.92. The Kier molecular flexibility index (Phi) is 6.16. The fourth-order valence-corrected chi connectivity index (χ4v) is 2.99. The number of pyridine rings is 1. The van der Waals surface area contributed by atoms with Crippen molar-refractivity contribution < 1.29 is 14.3 Å². The number of benzene rings is 1. The van der Waals surface area contributed by atoms with Gasteiger partial charge in [-0.05, 0) is 50.1 Å². The number of rotatable bonds is 6. The van der Waals surface area contributed by atoms with Crippen molar-refractivity contribution in [1.82, 2.24) is 20.6 Å². The van der Waals surface area contributed by atoms with Crippen LogP contribution < -0.4 is 10.6 Å². The molecule has 2 amide bonds. The number of para-hydroxylation sites is 1. The number of ether oxygens (including phenoxy) is 1. The molecule has 3 aromatic rings. The van der Waals surface area contributed by atoms with E-state index in [1.807, 2.05) is 42.6 Å². The van der Waals surface area contributed by atoms with Gasteiger partial charge in [0.1, 0.15) is 11.6 Å². The van der Waals surface area contributed by atoms with Crippen molar-refractivity contribution >= 4 is 22.9 Å². The van der Waals surface area contributed by atoms with Crippen LogP contribution >= 0.6 is 0 Å². The maximum atomic E-state index is 12.9. The van der Waals surface area contributed by atoms with Gasteiger partial charge in [-0.15, -0.1) is 0 Å². The smallest absolute Gasteiger partial charge is 0.408 e. The molecule has 152 valence electrons. The van der Waals surface area contributed by atoms with E-state index in [0.29, 0.717) is 13.0 Å². The van der Waals surface area contributed by atoms with Crippen molar-refractivity contribution in [3.8, 4) is 0 Å². The fourth-order valence-electron chi connectivity index (χ4n) is 2.99. The summed E-state index contributed by atoms with van der Waals surface area (Å²) in [7, 11) is 0. The van der Waals surface area contributed by atoms with Gasteiger partial charge in [0.2, 0.25) is 5.91 Å². The zero-order valence-corrected chi connectivity index (χ0v) is 16.9. The van der Waals surface area contributed by atoms with Crippen LogP contribution in [0.15, 0.2) is 55.0 Å². The minimum Gasteiger partial charge on any atom is -0.444 e. The van der Waals surface area contributed by atoms with E-state index in [-0.39, 0.29) is 5.91 Å². The predicted molar refractivity (Wildman–Crippen MR) is 111 cm³/mol. The van der Waals surface area contributed by atoms with Gasteiger partial charge < -0.3 is 20.4 Å². The highest BCUT2D eigenvalue weighted by Gasteiger charge is 2.25. The largest absolute Gasteiger partial charge is 0.444 e. The van der Waals surface area contributed by atoms with E-state index in [2.05, 4.69) is 20.6 Å². The van der Waals surface area contributed by atoms with Gasteiger partial charge in [0.25, 0.3) is 0 Å². The molecule has 0 unspecified atom stereocenters. The molecule has 0 aliphatic heterocycles. The molecule has 7 heteroatoms. The van der Waals surface area contributed by atoms with E-state index in [9.17, 15) is 9.59 Å². The molecular weight excluding hydrogens is 368 g/mol. The summed E-state index contributed by atoms with van der Waals surface area (Å²) in [5.41, 5.74) is 2.20. The van der Waals surface area contributed by atoms with Crippen LogP contribution in [0, 0.1) is 0 Å². The van der Waals surface area contributed by atoms with Gasteiger partial charge in [0.15, 0.2) is 0 Å². The number of aromatic amines is 1. The second-order valence-electron chi connectivity index (χ2n) is 7.84. The molecule has 29 heavy (non-hydrogen) atoms. The van der Waals surface area contributed by atoms with Crippen LogP contribution in [0.5, 0.6) is 0 Å². The molecule has 1 atom stereocenters. The third-order valence-electron chi connectivity index (χ3n) is 4.32. The van der Waals surface area contributed by atoms with E-state index in [1.54, 1.807) is 33.2 Å². The van der Waals surface area contributed by atoms with Crippen LogP contribution in [-0.4, -0.2) is 33.6 Å². The lowest BCUT2D eigenvalue weighted by atomic mass is 10.0. The Balaban J connectivity index is 1.75. The highest BCUT2D eigenvalue weighted by molar-refractivity contribution is 5.88. The summed E-state index contributed by atoms with van der Waals surface area (Å²) in [5, 5.41) is 6.61. The van der Waals surface area contributed by atoms with Gasteiger partial charge in [-0.25, -0.2) is 4.79 Å². The number of carbonyl (C=O) groups excluding carboxylic acids is 2. The van der Waals surface area contributed by atoms with Crippen molar-refractivity contribution in [2.75, 3.05) is 0 Å². The van der Waals surface area contributed by atoms with E-state index >= 15 is 0 Å². The molecule has 3 rings (SSSR count). The Bertz CT molecular complexity index is 976. The average Bonchev–Trinajstić information content (AvgIpc) is 3.08. The summed E-state index contributed by atoms with van der Waals surface area (Å²) < 4.78 is 5.34. The summed E-state index contributed by atoms with van der Waals surface area (Å²) >= 11 is 0. The molecule has 2 heterocycles. The molecule has 0 saturated carbocycles. The van der Waals surface area contributed by atoms with Crippen molar-refractivity contribution in [3.63, 3.8) is 0 Å². The molecule has 2 aromatic heterocycles. The summed E-state index contributed by atoms with van der Waals surface area (Å²) in [6.45, 7) is 5.70.